The molecule has 2 N–H and O–H groups in total. The van der Waals surface area contributed by atoms with E-state index in [1.165, 1.54) is 5.56 Å². The Balaban J connectivity index is 1.73. The Bertz CT molecular complexity index is 545. The van der Waals surface area contributed by atoms with E-state index < -0.39 is 0 Å². The molecule has 94 valence electrons. The topological polar surface area (TPSA) is 68.2 Å². The van der Waals surface area contributed by atoms with E-state index in [0.29, 0.717) is 18.5 Å². The normalized spacial score (nSPS) is 16.8. The van der Waals surface area contributed by atoms with Gasteiger partial charge in [-0.15, -0.1) is 0 Å². The molecule has 2 heterocycles. The second-order valence-electron chi connectivity index (χ2n) is 4.84. The number of rotatable bonds is 3. The van der Waals surface area contributed by atoms with Gasteiger partial charge in [-0.2, -0.15) is 4.98 Å². The number of likely N-dealkylation sites (tertiary alicyclic amines) is 1. The number of hydrogen-bond acceptors (Lipinski definition) is 5. The molecule has 0 atom stereocenters. The number of nitrogens with two attached hydrogens (primary N) is 1. The van der Waals surface area contributed by atoms with Gasteiger partial charge in [0.25, 0.3) is 5.89 Å². The first-order valence-corrected chi connectivity index (χ1v) is 6.08. The van der Waals surface area contributed by atoms with Gasteiger partial charge >= 0.3 is 0 Å². The predicted octanol–water partition coefficient (Wildman–Crippen LogP) is 1.19. The van der Waals surface area contributed by atoms with Gasteiger partial charge in [-0.25, -0.2) is 0 Å². The summed E-state index contributed by atoms with van der Waals surface area (Å²) >= 11 is 0. The van der Waals surface area contributed by atoms with Crippen LogP contribution in [-0.4, -0.2) is 34.2 Å². The molecule has 0 unspecified atom stereocenters. The van der Waals surface area contributed by atoms with Crippen molar-refractivity contribution in [2.75, 3.05) is 13.1 Å². The largest absolute Gasteiger partial charge is 0.334 e. The van der Waals surface area contributed by atoms with E-state index in [1.54, 1.807) is 0 Å². The zero-order valence-electron chi connectivity index (χ0n) is 10.3. The van der Waals surface area contributed by atoms with Crippen LogP contribution in [0.25, 0.3) is 11.5 Å². The predicted molar refractivity (Wildman–Crippen MR) is 67.7 cm³/mol. The van der Waals surface area contributed by atoms with Gasteiger partial charge in [-0.3, -0.25) is 4.90 Å². The zero-order valence-corrected chi connectivity index (χ0v) is 10.3. The molecule has 5 heteroatoms. The van der Waals surface area contributed by atoms with Gasteiger partial charge in [0.1, 0.15) is 0 Å². The maximum absolute atomic E-state index is 5.73. The number of benzene rings is 1. The Hall–Kier alpha value is -1.72. The van der Waals surface area contributed by atoms with Crippen molar-refractivity contribution in [1.82, 2.24) is 15.0 Å². The van der Waals surface area contributed by atoms with Crippen LogP contribution in [0, 0.1) is 6.92 Å². The summed E-state index contributed by atoms with van der Waals surface area (Å²) < 4.78 is 5.28. The molecule has 1 aliphatic heterocycles. The maximum atomic E-state index is 5.73. The van der Waals surface area contributed by atoms with Gasteiger partial charge in [0.15, 0.2) is 5.82 Å². The molecule has 0 saturated carbocycles. The lowest BCUT2D eigenvalue weighted by Gasteiger charge is -2.35. The van der Waals surface area contributed by atoms with Crippen LogP contribution in [0.2, 0.25) is 0 Å². The molecule has 3 rings (SSSR count). The zero-order chi connectivity index (χ0) is 12.5. The average Bonchev–Trinajstić information content (AvgIpc) is 2.76. The lowest BCUT2D eigenvalue weighted by atomic mass is 10.1. The lowest BCUT2D eigenvalue weighted by Crippen LogP contribution is -2.55. The molecular formula is C13H16N4O. The van der Waals surface area contributed by atoms with E-state index in [9.17, 15) is 0 Å². The fourth-order valence-electron chi connectivity index (χ4n) is 2.15. The van der Waals surface area contributed by atoms with Gasteiger partial charge in [0.2, 0.25) is 0 Å². The summed E-state index contributed by atoms with van der Waals surface area (Å²) in [5.74, 6) is 1.30. The number of nitrogens with zero attached hydrogens (tertiary/aromatic N) is 3. The molecule has 0 bridgehead atoms. The van der Waals surface area contributed by atoms with Gasteiger partial charge in [0, 0.05) is 24.7 Å². The molecule has 5 nitrogen and oxygen atoms in total. The van der Waals surface area contributed by atoms with E-state index in [1.807, 2.05) is 31.2 Å². The average molecular weight is 244 g/mol. The van der Waals surface area contributed by atoms with Crippen LogP contribution in [-0.2, 0) is 6.54 Å². The van der Waals surface area contributed by atoms with Crippen molar-refractivity contribution >= 4 is 0 Å². The van der Waals surface area contributed by atoms with Crippen molar-refractivity contribution in [2.45, 2.75) is 19.5 Å². The SMILES string of the molecule is Cc1cccc(-c2nc(CN3CC(N)C3)no2)c1. The van der Waals surface area contributed by atoms with Crippen molar-refractivity contribution in [3.63, 3.8) is 0 Å². The van der Waals surface area contributed by atoms with E-state index >= 15 is 0 Å². The summed E-state index contributed by atoms with van der Waals surface area (Å²) in [7, 11) is 0. The van der Waals surface area contributed by atoms with Crippen LogP contribution in [0.5, 0.6) is 0 Å². The van der Waals surface area contributed by atoms with Crippen molar-refractivity contribution in [1.29, 1.82) is 0 Å². The van der Waals surface area contributed by atoms with Crippen LogP contribution in [0.1, 0.15) is 11.4 Å². The quantitative estimate of drug-likeness (QED) is 0.878. The van der Waals surface area contributed by atoms with E-state index in [-0.39, 0.29) is 0 Å². The minimum Gasteiger partial charge on any atom is -0.334 e. The standard InChI is InChI=1S/C13H16N4O/c1-9-3-2-4-10(5-9)13-15-12(16-18-13)8-17-6-11(14)7-17/h2-5,11H,6-8,14H2,1H3. The van der Waals surface area contributed by atoms with E-state index in [4.69, 9.17) is 10.3 Å². The summed E-state index contributed by atoms with van der Waals surface area (Å²) in [4.78, 5) is 6.61. The molecule has 0 aliphatic carbocycles. The Labute approximate surface area is 106 Å². The second-order valence-corrected chi connectivity index (χ2v) is 4.84. The molecule has 1 fully saturated rings. The molecule has 18 heavy (non-hydrogen) atoms. The van der Waals surface area contributed by atoms with Crippen LogP contribution in [0.4, 0.5) is 0 Å². The highest BCUT2D eigenvalue weighted by Gasteiger charge is 2.24. The fraction of sp³-hybridized carbons (Fsp3) is 0.385. The summed E-state index contributed by atoms with van der Waals surface area (Å²) in [5.41, 5.74) is 7.88. The van der Waals surface area contributed by atoms with Crippen molar-refractivity contribution in [3.05, 3.63) is 35.7 Å². The third-order valence-corrected chi connectivity index (χ3v) is 3.08. The molecule has 2 aromatic rings. The molecule has 1 aromatic heterocycles. The smallest absolute Gasteiger partial charge is 0.257 e. The highest BCUT2D eigenvalue weighted by Crippen LogP contribution is 2.19. The number of hydrogen-bond donors (Lipinski definition) is 1. The van der Waals surface area contributed by atoms with Crippen LogP contribution in [0.15, 0.2) is 28.8 Å². The van der Waals surface area contributed by atoms with Crippen LogP contribution >= 0.6 is 0 Å². The Morgan fingerprint density at radius 1 is 1.44 bits per heavy atom. The fourth-order valence-corrected chi connectivity index (χ4v) is 2.15. The molecule has 1 aliphatic rings. The highest BCUT2D eigenvalue weighted by atomic mass is 16.5. The Morgan fingerprint density at radius 3 is 3.00 bits per heavy atom. The molecule has 0 radical (unpaired) electrons. The lowest BCUT2D eigenvalue weighted by molar-refractivity contribution is 0.137. The maximum Gasteiger partial charge on any atom is 0.257 e. The van der Waals surface area contributed by atoms with Gasteiger partial charge in [0.05, 0.1) is 6.54 Å². The number of aromatic nitrogens is 2. The van der Waals surface area contributed by atoms with Gasteiger partial charge in [-0.1, -0.05) is 22.9 Å². The van der Waals surface area contributed by atoms with E-state index in [2.05, 4.69) is 15.0 Å². The minimum absolute atomic E-state index is 0.299. The first-order chi connectivity index (χ1) is 8.70. The van der Waals surface area contributed by atoms with Crippen LogP contribution < -0.4 is 5.73 Å². The summed E-state index contributed by atoms with van der Waals surface area (Å²) in [6.07, 6.45) is 0. The first-order valence-electron chi connectivity index (χ1n) is 6.08. The minimum atomic E-state index is 0.299. The van der Waals surface area contributed by atoms with Crippen molar-refractivity contribution in [2.24, 2.45) is 5.73 Å². The monoisotopic (exact) mass is 244 g/mol. The summed E-state index contributed by atoms with van der Waals surface area (Å²) in [6.45, 7) is 4.58. The Kier molecular flexibility index (Phi) is 2.85. The first kappa shape index (κ1) is 11.4. The molecule has 0 spiro atoms. The molecule has 0 amide bonds. The third-order valence-electron chi connectivity index (χ3n) is 3.08. The molecule has 1 saturated heterocycles. The van der Waals surface area contributed by atoms with Gasteiger partial charge < -0.3 is 10.3 Å². The van der Waals surface area contributed by atoms with Gasteiger partial charge in [-0.05, 0) is 19.1 Å². The highest BCUT2D eigenvalue weighted by molar-refractivity contribution is 5.53. The summed E-state index contributed by atoms with van der Waals surface area (Å²) in [6, 6.07) is 8.35. The van der Waals surface area contributed by atoms with E-state index in [0.717, 1.165) is 24.5 Å². The second kappa shape index (κ2) is 4.51. The molecule has 1 aromatic carbocycles. The Morgan fingerprint density at radius 2 is 2.28 bits per heavy atom. The third kappa shape index (κ3) is 2.27. The summed E-state index contributed by atoms with van der Waals surface area (Å²) in [5, 5.41) is 4.00. The number of aryl methyl sites for hydroxylation is 1. The van der Waals surface area contributed by atoms with Crippen LogP contribution in [0.3, 0.4) is 0 Å². The van der Waals surface area contributed by atoms with Crippen molar-refractivity contribution in [3.8, 4) is 11.5 Å². The molecular weight excluding hydrogens is 228 g/mol. The van der Waals surface area contributed by atoms with Crippen molar-refractivity contribution < 1.29 is 4.52 Å².